The maximum atomic E-state index is 12.2. The SMILES string of the molecule is CCOC(=O)C(C)(C)C1(O)CCOc2ccccc21. The number of rotatable bonds is 3. The minimum atomic E-state index is -1.27. The van der Waals surface area contributed by atoms with Crippen molar-refractivity contribution in [3.05, 3.63) is 29.8 Å². The van der Waals surface area contributed by atoms with Crippen LogP contribution in [0, 0.1) is 5.41 Å². The van der Waals surface area contributed by atoms with Crippen LogP contribution in [0.4, 0.5) is 0 Å². The molecule has 104 valence electrons. The molecule has 0 spiro atoms. The zero-order valence-electron chi connectivity index (χ0n) is 11.6. The van der Waals surface area contributed by atoms with Gasteiger partial charge in [0.25, 0.3) is 0 Å². The van der Waals surface area contributed by atoms with Crippen molar-refractivity contribution in [3.8, 4) is 5.75 Å². The first-order valence-corrected chi connectivity index (χ1v) is 6.55. The van der Waals surface area contributed by atoms with E-state index in [-0.39, 0.29) is 0 Å². The van der Waals surface area contributed by atoms with Gasteiger partial charge in [-0.25, -0.2) is 0 Å². The van der Waals surface area contributed by atoms with E-state index in [0.717, 1.165) is 0 Å². The van der Waals surface area contributed by atoms with Gasteiger partial charge < -0.3 is 14.6 Å². The Morgan fingerprint density at radius 2 is 2.16 bits per heavy atom. The van der Waals surface area contributed by atoms with Gasteiger partial charge >= 0.3 is 5.97 Å². The first-order chi connectivity index (χ1) is 8.93. The molecule has 4 nitrogen and oxygen atoms in total. The molecular weight excluding hydrogens is 244 g/mol. The molecule has 0 saturated heterocycles. The predicted molar refractivity (Wildman–Crippen MR) is 70.9 cm³/mol. The van der Waals surface area contributed by atoms with Crippen LogP contribution in [0.5, 0.6) is 5.75 Å². The third-order valence-electron chi connectivity index (χ3n) is 3.87. The van der Waals surface area contributed by atoms with E-state index in [1.54, 1.807) is 32.9 Å². The van der Waals surface area contributed by atoms with Crippen LogP contribution in [0.3, 0.4) is 0 Å². The quantitative estimate of drug-likeness (QED) is 0.851. The van der Waals surface area contributed by atoms with E-state index in [0.29, 0.717) is 30.9 Å². The molecule has 0 saturated carbocycles. The highest BCUT2D eigenvalue weighted by Gasteiger charge is 2.53. The van der Waals surface area contributed by atoms with Gasteiger partial charge in [0.1, 0.15) is 11.4 Å². The van der Waals surface area contributed by atoms with Crippen molar-refractivity contribution in [2.24, 2.45) is 5.41 Å². The minimum absolute atomic E-state index is 0.302. The van der Waals surface area contributed by atoms with Gasteiger partial charge in [0, 0.05) is 12.0 Å². The van der Waals surface area contributed by atoms with Gasteiger partial charge in [-0.1, -0.05) is 18.2 Å². The molecule has 0 amide bonds. The summed E-state index contributed by atoms with van der Waals surface area (Å²) >= 11 is 0. The Morgan fingerprint density at radius 3 is 2.84 bits per heavy atom. The van der Waals surface area contributed by atoms with Gasteiger partial charge in [0.05, 0.1) is 18.6 Å². The van der Waals surface area contributed by atoms with Crippen molar-refractivity contribution in [3.63, 3.8) is 0 Å². The average Bonchev–Trinajstić information content (AvgIpc) is 2.39. The molecule has 1 aromatic carbocycles. The monoisotopic (exact) mass is 264 g/mol. The standard InChI is InChI=1S/C15H20O4/c1-4-18-13(16)14(2,3)15(17)9-10-19-12-8-6-5-7-11(12)15/h5-8,17H,4,9-10H2,1-3H3. The zero-order chi connectivity index (χ0) is 14.1. The van der Waals surface area contributed by atoms with E-state index >= 15 is 0 Å². The topological polar surface area (TPSA) is 55.8 Å². The normalized spacial score (nSPS) is 22.3. The lowest BCUT2D eigenvalue weighted by Gasteiger charge is -2.44. The number of aliphatic hydroxyl groups is 1. The Labute approximate surface area is 113 Å². The fourth-order valence-electron chi connectivity index (χ4n) is 2.51. The summed E-state index contributed by atoms with van der Waals surface area (Å²) in [4.78, 5) is 12.2. The zero-order valence-corrected chi connectivity index (χ0v) is 11.6. The summed E-state index contributed by atoms with van der Waals surface area (Å²) < 4.78 is 10.6. The summed E-state index contributed by atoms with van der Waals surface area (Å²) in [6, 6.07) is 7.29. The molecule has 1 aliphatic heterocycles. The third kappa shape index (κ3) is 2.10. The molecule has 1 unspecified atom stereocenters. The van der Waals surface area contributed by atoms with E-state index in [9.17, 15) is 9.90 Å². The van der Waals surface area contributed by atoms with E-state index in [2.05, 4.69) is 0 Å². The van der Waals surface area contributed by atoms with Crippen molar-refractivity contribution in [2.75, 3.05) is 13.2 Å². The second-order valence-electron chi connectivity index (χ2n) is 5.30. The van der Waals surface area contributed by atoms with E-state index in [1.807, 2.05) is 12.1 Å². The van der Waals surface area contributed by atoms with E-state index in [4.69, 9.17) is 9.47 Å². The summed E-state index contributed by atoms with van der Waals surface area (Å²) in [5, 5.41) is 11.1. The number of hydrogen-bond donors (Lipinski definition) is 1. The molecule has 19 heavy (non-hydrogen) atoms. The van der Waals surface area contributed by atoms with Gasteiger partial charge in [0.2, 0.25) is 0 Å². The van der Waals surface area contributed by atoms with Crippen LogP contribution >= 0.6 is 0 Å². The molecule has 1 aliphatic rings. The number of benzene rings is 1. The summed E-state index contributed by atoms with van der Waals surface area (Å²) in [5.41, 5.74) is -1.64. The molecule has 1 atom stereocenters. The Bertz CT molecular complexity index is 481. The predicted octanol–water partition coefficient (Wildman–Crippen LogP) is 2.25. The van der Waals surface area contributed by atoms with Crippen molar-refractivity contribution in [1.29, 1.82) is 0 Å². The molecular formula is C15H20O4. The molecule has 0 bridgehead atoms. The summed E-state index contributed by atoms with van der Waals surface area (Å²) in [5.74, 6) is 0.239. The molecule has 1 heterocycles. The summed E-state index contributed by atoms with van der Waals surface area (Å²) in [7, 11) is 0. The van der Waals surface area contributed by atoms with Crippen molar-refractivity contribution in [1.82, 2.24) is 0 Å². The van der Waals surface area contributed by atoms with Crippen LogP contribution in [-0.4, -0.2) is 24.3 Å². The Hall–Kier alpha value is -1.55. The number of esters is 1. The van der Waals surface area contributed by atoms with Crippen LogP contribution in [0.25, 0.3) is 0 Å². The highest BCUT2D eigenvalue weighted by Crippen LogP contribution is 2.48. The maximum absolute atomic E-state index is 12.2. The number of carbonyl (C=O) groups is 1. The molecule has 2 rings (SSSR count). The Balaban J connectivity index is 2.46. The minimum Gasteiger partial charge on any atom is -0.493 e. The van der Waals surface area contributed by atoms with Crippen molar-refractivity contribution >= 4 is 5.97 Å². The van der Waals surface area contributed by atoms with Crippen LogP contribution in [-0.2, 0) is 15.1 Å². The largest absolute Gasteiger partial charge is 0.493 e. The Morgan fingerprint density at radius 1 is 1.47 bits per heavy atom. The molecule has 1 aromatic rings. The summed E-state index contributed by atoms with van der Waals surface area (Å²) in [6.07, 6.45) is 0.371. The maximum Gasteiger partial charge on any atom is 0.314 e. The van der Waals surface area contributed by atoms with Gasteiger partial charge in [-0.15, -0.1) is 0 Å². The fraction of sp³-hybridized carbons (Fsp3) is 0.533. The number of fused-ring (bicyclic) bond motifs is 1. The summed E-state index contributed by atoms with van der Waals surface area (Å²) in [6.45, 7) is 5.88. The van der Waals surface area contributed by atoms with Crippen molar-refractivity contribution < 1.29 is 19.4 Å². The molecule has 0 aliphatic carbocycles. The lowest BCUT2D eigenvalue weighted by molar-refractivity contribution is -0.176. The van der Waals surface area contributed by atoms with Crippen LogP contribution in [0.1, 0.15) is 32.8 Å². The number of hydrogen-bond acceptors (Lipinski definition) is 4. The Kier molecular flexibility index (Phi) is 3.54. The molecule has 4 heteroatoms. The van der Waals surface area contributed by atoms with Gasteiger partial charge in [-0.3, -0.25) is 4.79 Å². The highest BCUT2D eigenvalue weighted by molar-refractivity contribution is 5.78. The van der Waals surface area contributed by atoms with Gasteiger partial charge in [-0.05, 0) is 26.8 Å². The van der Waals surface area contributed by atoms with Crippen LogP contribution in [0.15, 0.2) is 24.3 Å². The van der Waals surface area contributed by atoms with Gasteiger partial charge in [0.15, 0.2) is 0 Å². The number of ether oxygens (including phenoxy) is 2. The molecule has 0 aromatic heterocycles. The molecule has 1 N–H and O–H groups in total. The lowest BCUT2D eigenvalue weighted by atomic mass is 9.68. The second kappa shape index (κ2) is 4.85. The number of para-hydroxylation sites is 1. The fourth-order valence-corrected chi connectivity index (χ4v) is 2.51. The van der Waals surface area contributed by atoms with Crippen LogP contribution < -0.4 is 4.74 Å². The van der Waals surface area contributed by atoms with Gasteiger partial charge in [-0.2, -0.15) is 0 Å². The number of carbonyl (C=O) groups excluding carboxylic acids is 1. The van der Waals surface area contributed by atoms with Crippen LogP contribution in [0.2, 0.25) is 0 Å². The second-order valence-corrected chi connectivity index (χ2v) is 5.30. The highest BCUT2D eigenvalue weighted by atomic mass is 16.5. The van der Waals surface area contributed by atoms with E-state index < -0.39 is 17.0 Å². The first kappa shape index (κ1) is 13.9. The lowest BCUT2D eigenvalue weighted by Crippen LogP contribution is -2.50. The third-order valence-corrected chi connectivity index (χ3v) is 3.87. The van der Waals surface area contributed by atoms with Crippen molar-refractivity contribution in [2.45, 2.75) is 32.8 Å². The molecule has 0 fully saturated rings. The molecule has 0 radical (unpaired) electrons. The average molecular weight is 264 g/mol. The first-order valence-electron chi connectivity index (χ1n) is 6.55. The smallest absolute Gasteiger partial charge is 0.314 e. The van der Waals surface area contributed by atoms with E-state index in [1.165, 1.54) is 0 Å².